The zero-order valence-corrected chi connectivity index (χ0v) is 37.9. The van der Waals surface area contributed by atoms with Crippen LogP contribution < -0.4 is 60.2 Å². The Morgan fingerprint density at radius 3 is 1.52 bits per heavy atom. The van der Waals surface area contributed by atoms with Crippen molar-refractivity contribution in [3.8, 4) is 11.5 Å². The van der Waals surface area contributed by atoms with Crippen LogP contribution in [0.4, 0.5) is 0 Å². The van der Waals surface area contributed by atoms with Crippen molar-refractivity contribution in [3.05, 3.63) is 59.7 Å². The Balaban J connectivity index is 2.32. The molecule has 0 bridgehead atoms. The lowest BCUT2D eigenvalue weighted by molar-refractivity contribution is -0.142. The highest BCUT2D eigenvalue weighted by Crippen LogP contribution is 2.15. The van der Waals surface area contributed by atoms with Gasteiger partial charge in [0.2, 0.25) is 47.3 Å². The molecule has 24 heteroatoms. The fourth-order valence-electron chi connectivity index (χ4n) is 6.31. The van der Waals surface area contributed by atoms with Gasteiger partial charge in [0.1, 0.15) is 41.7 Å². The normalized spacial score (nSPS) is 13.6. The highest BCUT2D eigenvalue weighted by molar-refractivity contribution is 5.98. The third kappa shape index (κ3) is 21.4. The van der Waals surface area contributed by atoms with E-state index in [1.54, 1.807) is 27.7 Å². The van der Waals surface area contributed by atoms with Gasteiger partial charge >= 0.3 is 5.97 Å². The first-order chi connectivity index (χ1) is 31.4. The molecule has 24 nitrogen and oxygen atoms in total. The number of aliphatic imine (C=N–C) groups is 1. The number of aliphatic carboxylic acids is 1. The largest absolute Gasteiger partial charge is 0.508 e. The van der Waals surface area contributed by atoms with Crippen LogP contribution >= 0.6 is 0 Å². The average Bonchev–Trinajstić information content (AvgIpc) is 3.24. The van der Waals surface area contributed by atoms with Gasteiger partial charge < -0.3 is 75.5 Å². The molecule has 0 aliphatic carbocycles. The smallest absolute Gasteiger partial charge is 0.326 e. The molecule has 0 unspecified atom stereocenters. The third-order valence-corrected chi connectivity index (χ3v) is 9.81. The molecule has 0 spiro atoms. The number of guanidine groups is 1. The molecule has 0 saturated carbocycles. The van der Waals surface area contributed by atoms with E-state index in [2.05, 4.69) is 42.2 Å². The first-order valence-electron chi connectivity index (χ1n) is 21.4. The van der Waals surface area contributed by atoms with Crippen LogP contribution in [0.5, 0.6) is 11.5 Å². The van der Waals surface area contributed by atoms with Gasteiger partial charge in [0, 0.05) is 19.4 Å². The SMILES string of the molecule is CC(C)C[C@H](NC(=O)CNC(=O)[C@H](CC(N)=O)NC(=O)[C@H](Cc1ccc(O)cc1)NC(=O)[C@@H](NC(=O)[C@H](Cc1ccc(O)cc1)NC(=O)CNC(=O)[C@@H](N)CCCN=C(N)N)C(C)C)C(=O)O. The van der Waals surface area contributed by atoms with E-state index in [1.807, 2.05) is 0 Å². The second-order valence-corrected chi connectivity index (χ2v) is 16.5. The minimum absolute atomic E-state index is 0.0641. The lowest BCUT2D eigenvalue weighted by Crippen LogP contribution is -2.60. The number of nitrogens with one attached hydrogen (secondary N) is 7. The van der Waals surface area contributed by atoms with Gasteiger partial charge in [-0.25, -0.2) is 4.79 Å². The van der Waals surface area contributed by atoms with E-state index >= 15 is 0 Å². The summed E-state index contributed by atoms with van der Waals surface area (Å²) in [4.78, 5) is 121. The van der Waals surface area contributed by atoms with Crippen LogP contribution in [0.15, 0.2) is 53.5 Å². The molecule has 0 saturated heterocycles. The Morgan fingerprint density at radius 1 is 0.597 bits per heavy atom. The molecule has 2 aromatic carbocycles. The molecule has 2 aromatic rings. The van der Waals surface area contributed by atoms with E-state index in [0.29, 0.717) is 17.5 Å². The van der Waals surface area contributed by atoms with Crippen molar-refractivity contribution in [1.82, 2.24) is 37.2 Å². The van der Waals surface area contributed by atoms with Crippen LogP contribution in [0.25, 0.3) is 0 Å². The van der Waals surface area contributed by atoms with Crippen molar-refractivity contribution < 1.29 is 58.5 Å². The lowest BCUT2D eigenvalue weighted by Gasteiger charge is -2.28. The minimum atomic E-state index is -1.68. The highest BCUT2D eigenvalue weighted by Gasteiger charge is 2.34. The lowest BCUT2D eigenvalue weighted by atomic mass is 9.99. The molecule has 67 heavy (non-hydrogen) atoms. The summed E-state index contributed by atoms with van der Waals surface area (Å²) in [5.74, 6) is -9.43. The van der Waals surface area contributed by atoms with Gasteiger partial charge in [-0.15, -0.1) is 0 Å². The number of carboxylic acids is 1. The molecule has 0 aromatic heterocycles. The maximum atomic E-state index is 14.1. The summed E-state index contributed by atoms with van der Waals surface area (Å²) in [5, 5.41) is 46.2. The van der Waals surface area contributed by atoms with Gasteiger partial charge in [-0.2, -0.15) is 0 Å². The molecular formula is C43H64N12O12. The van der Waals surface area contributed by atoms with E-state index in [9.17, 15) is 58.5 Å². The molecule has 0 radical (unpaired) electrons. The van der Waals surface area contributed by atoms with E-state index < -0.39 is 115 Å². The Labute approximate surface area is 387 Å². The molecule has 0 fully saturated rings. The molecule has 0 aliphatic rings. The van der Waals surface area contributed by atoms with Gasteiger partial charge in [0.05, 0.1) is 25.6 Å². The number of carbonyl (C=O) groups is 9. The van der Waals surface area contributed by atoms with Crippen LogP contribution in [-0.4, -0.2) is 130 Å². The Hall–Kier alpha value is -7.50. The molecular weight excluding hydrogens is 877 g/mol. The van der Waals surface area contributed by atoms with Crippen molar-refractivity contribution in [2.45, 2.75) is 102 Å². The minimum Gasteiger partial charge on any atom is -0.508 e. The van der Waals surface area contributed by atoms with Crippen LogP contribution in [0.2, 0.25) is 0 Å². The van der Waals surface area contributed by atoms with Gasteiger partial charge in [0.25, 0.3) is 0 Å². The van der Waals surface area contributed by atoms with Crippen molar-refractivity contribution >= 4 is 59.2 Å². The number of hydrogen-bond donors (Lipinski definition) is 14. The topological polar surface area (TPSA) is 415 Å². The number of nitrogens with two attached hydrogens (primary N) is 4. The van der Waals surface area contributed by atoms with Crippen LogP contribution in [0.1, 0.15) is 64.5 Å². The van der Waals surface area contributed by atoms with E-state index in [4.69, 9.17) is 22.9 Å². The predicted octanol–water partition coefficient (Wildman–Crippen LogP) is -3.42. The molecule has 6 atom stereocenters. The first kappa shape index (κ1) is 55.6. The Bertz CT molecular complexity index is 2060. The molecule has 2 rings (SSSR count). The molecule has 18 N–H and O–H groups in total. The Kier molecular flexibility index (Phi) is 23.0. The number of aromatic hydroxyl groups is 2. The van der Waals surface area contributed by atoms with E-state index in [-0.39, 0.29) is 55.6 Å². The summed E-state index contributed by atoms with van der Waals surface area (Å²) in [5.41, 5.74) is 22.8. The summed E-state index contributed by atoms with van der Waals surface area (Å²) < 4.78 is 0. The van der Waals surface area contributed by atoms with Crippen LogP contribution in [0.3, 0.4) is 0 Å². The number of primary amides is 1. The number of amides is 8. The number of nitrogens with zero attached hydrogens (tertiary/aromatic N) is 1. The monoisotopic (exact) mass is 940 g/mol. The van der Waals surface area contributed by atoms with Gasteiger partial charge in [-0.1, -0.05) is 52.0 Å². The number of rotatable bonds is 28. The fraction of sp³-hybridized carbons (Fsp3) is 0.488. The second kappa shape index (κ2) is 27.7. The molecule has 0 heterocycles. The van der Waals surface area contributed by atoms with Crippen LogP contribution in [0, 0.1) is 11.8 Å². The van der Waals surface area contributed by atoms with Crippen molar-refractivity contribution in [2.75, 3.05) is 19.6 Å². The summed E-state index contributed by atoms with van der Waals surface area (Å²) in [6.07, 6.45) is -0.456. The summed E-state index contributed by atoms with van der Waals surface area (Å²) in [6.45, 7) is 5.62. The number of carbonyl (C=O) groups excluding carboxylic acids is 8. The molecule has 368 valence electrons. The fourth-order valence-corrected chi connectivity index (χ4v) is 6.31. The van der Waals surface area contributed by atoms with Crippen molar-refractivity contribution in [1.29, 1.82) is 0 Å². The second-order valence-electron chi connectivity index (χ2n) is 16.5. The van der Waals surface area contributed by atoms with Gasteiger partial charge in [-0.3, -0.25) is 43.3 Å². The first-order valence-corrected chi connectivity index (χ1v) is 21.4. The van der Waals surface area contributed by atoms with Crippen LogP contribution in [-0.2, 0) is 56.0 Å². The predicted molar refractivity (Wildman–Crippen MR) is 243 cm³/mol. The number of carboxylic acid groups (broad SMARTS) is 1. The zero-order valence-electron chi connectivity index (χ0n) is 37.9. The third-order valence-electron chi connectivity index (χ3n) is 9.81. The Morgan fingerprint density at radius 2 is 1.06 bits per heavy atom. The quantitative estimate of drug-likeness (QED) is 0.0225. The number of hydrogen-bond acceptors (Lipinski definition) is 13. The van der Waals surface area contributed by atoms with E-state index in [0.717, 1.165) is 0 Å². The zero-order chi connectivity index (χ0) is 50.4. The number of benzene rings is 2. The maximum absolute atomic E-state index is 14.1. The summed E-state index contributed by atoms with van der Waals surface area (Å²) in [6, 6.07) is 3.16. The average molecular weight is 941 g/mol. The maximum Gasteiger partial charge on any atom is 0.326 e. The van der Waals surface area contributed by atoms with Gasteiger partial charge in [0.15, 0.2) is 5.96 Å². The van der Waals surface area contributed by atoms with E-state index in [1.165, 1.54) is 48.5 Å². The summed E-state index contributed by atoms with van der Waals surface area (Å²) in [7, 11) is 0. The number of phenols is 2. The molecule has 8 amide bonds. The van der Waals surface area contributed by atoms with Crippen molar-refractivity contribution in [2.24, 2.45) is 39.8 Å². The highest BCUT2D eigenvalue weighted by atomic mass is 16.4. The van der Waals surface area contributed by atoms with Crippen molar-refractivity contribution in [3.63, 3.8) is 0 Å². The summed E-state index contributed by atoms with van der Waals surface area (Å²) >= 11 is 0. The molecule has 0 aliphatic heterocycles. The number of phenolic OH excluding ortho intramolecular Hbond substituents is 2. The van der Waals surface area contributed by atoms with Gasteiger partial charge in [-0.05, 0) is 66.5 Å². The standard InChI is InChI=1S/C43H64N12O12/c1-22(2)16-32(42(66)67)52-35(60)21-50-38(62)31(19-33(45)58)53-39(63)30(18-25-9-13-27(57)14-10-25)54-41(65)36(23(3)4)55-40(64)29(17-24-7-11-26(56)12-8-24)51-34(59)20-49-37(61)28(44)6-5-15-48-43(46)47/h7-14,22-23,28-32,36,56-57H,5-6,15-21,44H2,1-4H3,(H2,45,58)(H,49,61)(H,50,62)(H,51,59)(H,52,60)(H,53,63)(H,54,65)(H,55,64)(H,66,67)(H4,46,47,48)/t28-,29-,30-,31-,32-,36-/m0/s1.